The van der Waals surface area contributed by atoms with E-state index in [0.717, 1.165) is 43.4 Å². The lowest BCUT2D eigenvalue weighted by molar-refractivity contribution is -0.116. The summed E-state index contributed by atoms with van der Waals surface area (Å²) in [6, 6.07) is 53.3. The molecule has 4 heterocycles. The van der Waals surface area contributed by atoms with Gasteiger partial charge >= 0.3 is 0 Å². The number of amides is 3. The first kappa shape index (κ1) is 68.4. The van der Waals surface area contributed by atoms with E-state index in [9.17, 15) is 33.2 Å². The maximum atomic E-state index is 13.4. The molecule has 21 heteroatoms. The number of anilines is 3. The Labute approximate surface area is 571 Å². The standard InChI is InChI=1S/C26H23ClN2O3S.C25H20ClFN2O3.C24H20ClN3O3/c1-16-22(15-25(30)28-19-8-11-21(33-3)12-9-19)23-14-20(32-2)10-13-24(23)29(16)26(31)17-4-6-18(27)7-5-17;1-15-21(14-24(30)28-19-9-7-18(27)8-10-19)22-13-20(32-2)11-12-23(22)29(15)25(31)16-3-5-17(26)6-4-16;1-15-20(13-23(29)27-18-4-3-11-26-14-18)21-12-19(31-2)9-10-22(21)28(15)24(30)16-5-7-17(25)8-6-16/h4-14H,15H2,1-3H3,(H,28,30);3-13H,14H2,1-2H3,(H,28,30);3-12,14H,13H2,1-2H3,(H,27,29). The lowest BCUT2D eigenvalue weighted by Crippen LogP contribution is -2.16. The number of methoxy groups -OCH3 is 3. The summed E-state index contributed by atoms with van der Waals surface area (Å²) in [5.41, 5.74) is 9.76. The minimum atomic E-state index is -0.380. The van der Waals surface area contributed by atoms with Crippen molar-refractivity contribution < 1.29 is 47.4 Å². The molecule has 0 radical (unpaired) electrons. The number of nitrogens with one attached hydrogen (secondary N) is 3. The fourth-order valence-electron chi connectivity index (χ4n) is 11.1. The lowest BCUT2D eigenvalue weighted by atomic mass is 10.1. The summed E-state index contributed by atoms with van der Waals surface area (Å²) in [6.45, 7) is 5.50. The van der Waals surface area contributed by atoms with Crippen LogP contribution in [0.4, 0.5) is 21.5 Å². The number of pyridine rings is 1. The van der Waals surface area contributed by atoms with Crippen LogP contribution in [0, 0.1) is 26.6 Å². The molecule has 0 aliphatic heterocycles. The van der Waals surface area contributed by atoms with Gasteiger partial charge in [-0.1, -0.05) is 34.8 Å². The number of hydrogen-bond acceptors (Lipinski definition) is 11. The Balaban J connectivity index is 0.000000157. The molecule has 12 aromatic rings. The Kier molecular flexibility index (Phi) is 21.9. The van der Waals surface area contributed by atoms with E-state index in [0.29, 0.717) is 94.1 Å². The van der Waals surface area contributed by atoms with Crippen LogP contribution < -0.4 is 30.2 Å². The average Bonchev–Trinajstić information content (AvgIpc) is 1.63. The summed E-state index contributed by atoms with van der Waals surface area (Å²) in [5.74, 6) is 0.323. The van der Waals surface area contributed by atoms with Crippen molar-refractivity contribution in [2.75, 3.05) is 43.5 Å². The molecule has 8 aromatic carbocycles. The molecule has 16 nitrogen and oxygen atoms in total. The molecule has 0 unspecified atom stereocenters. The summed E-state index contributed by atoms with van der Waals surface area (Å²) in [7, 11) is 4.73. The van der Waals surface area contributed by atoms with E-state index >= 15 is 0 Å². The van der Waals surface area contributed by atoms with Crippen LogP contribution in [0.5, 0.6) is 17.2 Å². The van der Waals surface area contributed by atoms with Crippen molar-refractivity contribution in [3.05, 3.63) is 272 Å². The van der Waals surface area contributed by atoms with E-state index in [-0.39, 0.29) is 60.5 Å². The number of thioether (sulfide) groups is 1. The number of hydrogen-bond donors (Lipinski definition) is 3. The zero-order valence-corrected chi connectivity index (χ0v) is 56.1. The minimum Gasteiger partial charge on any atom is -0.497 e. The smallest absolute Gasteiger partial charge is 0.262 e. The van der Waals surface area contributed by atoms with Crippen LogP contribution in [0.15, 0.2) is 205 Å². The van der Waals surface area contributed by atoms with Gasteiger partial charge in [-0.05, 0) is 232 Å². The van der Waals surface area contributed by atoms with Crippen LogP contribution >= 0.6 is 46.6 Å². The van der Waals surface area contributed by atoms with E-state index in [4.69, 9.17) is 49.0 Å². The second-order valence-electron chi connectivity index (χ2n) is 21.9. The summed E-state index contributed by atoms with van der Waals surface area (Å²) in [5, 5.41) is 12.6. The molecule has 4 aromatic heterocycles. The molecular weight excluding hydrogens is 1300 g/mol. The van der Waals surface area contributed by atoms with Gasteiger partial charge < -0.3 is 30.2 Å². The topological polar surface area (TPSA) is 194 Å². The highest BCUT2D eigenvalue weighted by molar-refractivity contribution is 7.98. The zero-order valence-electron chi connectivity index (χ0n) is 53.1. The quantitative estimate of drug-likeness (QED) is 0.0779. The van der Waals surface area contributed by atoms with Gasteiger partial charge in [-0.15, -0.1) is 11.8 Å². The third-order valence-electron chi connectivity index (χ3n) is 16.0. The summed E-state index contributed by atoms with van der Waals surface area (Å²) in [4.78, 5) is 83.6. The second-order valence-corrected chi connectivity index (χ2v) is 24.1. The molecule has 486 valence electrons. The molecular formula is C75H63Cl3FN7O9S. The molecule has 3 N–H and O–H groups in total. The number of fused-ring (bicyclic) bond motifs is 3. The van der Waals surface area contributed by atoms with E-state index in [2.05, 4.69) is 20.9 Å². The fraction of sp³-hybridized carbons (Fsp3) is 0.133. The SMILES string of the molecule is COc1ccc2c(c1)c(CC(=O)Nc1ccc(F)cc1)c(C)n2C(=O)c1ccc(Cl)cc1.COc1ccc2c(c1)c(CC(=O)Nc1ccc(SC)cc1)c(C)n2C(=O)c1ccc(Cl)cc1.COc1ccc2c(c1)c(CC(=O)Nc1cccnc1)c(C)n2C(=O)c1ccc(Cl)cc1. The number of ether oxygens (including phenoxy) is 3. The van der Waals surface area contributed by atoms with Crippen LogP contribution in [0.25, 0.3) is 32.7 Å². The molecule has 0 aliphatic rings. The van der Waals surface area contributed by atoms with Gasteiger partial charge in [-0.3, -0.25) is 47.5 Å². The number of carbonyl (C=O) groups excluding carboxylic acids is 6. The summed E-state index contributed by atoms with van der Waals surface area (Å²) in [6.07, 6.45) is 5.49. The molecule has 0 bridgehead atoms. The van der Waals surface area contributed by atoms with Crippen LogP contribution in [0.1, 0.15) is 64.8 Å². The number of aromatic nitrogens is 4. The van der Waals surface area contributed by atoms with Crippen molar-refractivity contribution in [2.24, 2.45) is 0 Å². The predicted molar refractivity (Wildman–Crippen MR) is 379 cm³/mol. The highest BCUT2D eigenvalue weighted by Gasteiger charge is 2.26. The van der Waals surface area contributed by atoms with Gasteiger partial charge in [0.25, 0.3) is 17.7 Å². The first-order valence-corrected chi connectivity index (χ1v) is 32.3. The molecule has 0 spiro atoms. The summed E-state index contributed by atoms with van der Waals surface area (Å²) >= 11 is 19.6. The van der Waals surface area contributed by atoms with Crippen molar-refractivity contribution in [3.63, 3.8) is 0 Å². The number of rotatable bonds is 16. The number of benzene rings is 8. The molecule has 0 saturated carbocycles. The van der Waals surface area contributed by atoms with Gasteiger partial charge in [0.15, 0.2) is 0 Å². The molecule has 12 rings (SSSR count). The number of halogens is 4. The number of nitrogens with zero attached hydrogens (tertiary/aromatic N) is 4. The Hall–Kier alpha value is -10.5. The largest absolute Gasteiger partial charge is 0.497 e. The van der Waals surface area contributed by atoms with Crippen LogP contribution in [0.2, 0.25) is 15.1 Å². The van der Waals surface area contributed by atoms with Crippen LogP contribution in [-0.2, 0) is 33.6 Å². The first-order chi connectivity index (χ1) is 46.2. The normalized spacial score (nSPS) is 10.9. The predicted octanol–water partition coefficient (Wildman–Crippen LogP) is 16.7. The van der Waals surface area contributed by atoms with Gasteiger partial charge in [0, 0.05) is 87.5 Å². The van der Waals surface area contributed by atoms with Crippen molar-refractivity contribution in [1.82, 2.24) is 18.7 Å². The van der Waals surface area contributed by atoms with Crippen LogP contribution in [0.3, 0.4) is 0 Å². The van der Waals surface area contributed by atoms with Gasteiger partial charge in [0.1, 0.15) is 23.1 Å². The molecule has 96 heavy (non-hydrogen) atoms. The van der Waals surface area contributed by atoms with Crippen LogP contribution in [-0.4, -0.2) is 81.7 Å². The van der Waals surface area contributed by atoms with Gasteiger partial charge in [-0.2, -0.15) is 0 Å². The minimum absolute atomic E-state index is 0.0355. The summed E-state index contributed by atoms with van der Waals surface area (Å²) < 4.78 is 34.1. The highest BCUT2D eigenvalue weighted by atomic mass is 35.5. The fourth-order valence-corrected chi connectivity index (χ4v) is 11.9. The van der Waals surface area contributed by atoms with E-state index in [1.165, 1.54) is 24.3 Å². The first-order valence-electron chi connectivity index (χ1n) is 29.9. The van der Waals surface area contributed by atoms with Crippen molar-refractivity contribution in [2.45, 2.75) is 44.9 Å². The molecule has 0 atom stereocenters. The maximum Gasteiger partial charge on any atom is 0.262 e. The molecule has 3 amide bonds. The van der Waals surface area contributed by atoms with E-state index in [1.807, 2.05) is 80.8 Å². The highest BCUT2D eigenvalue weighted by Crippen LogP contribution is 2.35. The Bertz CT molecular complexity index is 4890. The third-order valence-corrected chi connectivity index (χ3v) is 17.5. The average molecular weight is 1360 g/mol. The molecule has 0 aliphatic carbocycles. The maximum absolute atomic E-state index is 13.4. The molecule has 0 saturated heterocycles. The Morgan fingerprint density at radius 2 is 0.760 bits per heavy atom. The Morgan fingerprint density at radius 1 is 0.438 bits per heavy atom. The van der Waals surface area contributed by atoms with Gasteiger partial charge in [0.05, 0.1) is 69.0 Å². The van der Waals surface area contributed by atoms with Gasteiger partial charge in [0.2, 0.25) is 17.7 Å². The molecule has 0 fully saturated rings. The zero-order chi connectivity index (χ0) is 68.3. The van der Waals surface area contributed by atoms with Crippen molar-refractivity contribution >= 4 is 132 Å². The van der Waals surface area contributed by atoms with E-state index in [1.54, 1.807) is 169 Å². The van der Waals surface area contributed by atoms with Crippen molar-refractivity contribution in [3.8, 4) is 17.2 Å². The lowest BCUT2D eigenvalue weighted by Gasteiger charge is -2.09. The third kappa shape index (κ3) is 15.7. The monoisotopic (exact) mass is 1360 g/mol. The van der Waals surface area contributed by atoms with E-state index < -0.39 is 0 Å². The van der Waals surface area contributed by atoms with Gasteiger partial charge in [-0.25, -0.2) is 4.39 Å². The Morgan fingerprint density at radius 3 is 1.06 bits per heavy atom. The number of carbonyl (C=O) groups is 6. The van der Waals surface area contributed by atoms with Crippen molar-refractivity contribution in [1.29, 1.82) is 0 Å². The second kappa shape index (κ2) is 30.7.